The van der Waals surface area contributed by atoms with Crippen LogP contribution < -0.4 is 9.80 Å². The summed E-state index contributed by atoms with van der Waals surface area (Å²) in [5, 5.41) is 7.47. The lowest BCUT2D eigenvalue weighted by molar-refractivity contribution is 1.14. The lowest BCUT2D eigenvalue weighted by Crippen LogP contribution is -2.10. The summed E-state index contributed by atoms with van der Waals surface area (Å²) in [6.07, 6.45) is 0. The Morgan fingerprint density at radius 3 is 1.54 bits per heavy atom. The molecule has 0 unspecified atom stereocenters. The predicted molar refractivity (Wildman–Crippen MR) is 199 cm³/mol. The van der Waals surface area contributed by atoms with E-state index in [1.54, 1.807) is 0 Å². The molecule has 0 aliphatic rings. The van der Waals surface area contributed by atoms with Gasteiger partial charge in [0.05, 0.1) is 0 Å². The molecule has 8 aromatic carbocycles. The topological polar surface area (TPSA) is 6.48 Å². The van der Waals surface area contributed by atoms with E-state index in [0.29, 0.717) is 0 Å². The molecule has 0 radical (unpaired) electrons. The minimum Gasteiger partial charge on any atom is -0.378 e. The molecule has 8 rings (SSSR count). The second-order valence-electron chi connectivity index (χ2n) is 12.0. The Morgan fingerprint density at radius 1 is 0.348 bits per heavy atom. The van der Waals surface area contributed by atoms with Crippen LogP contribution in [-0.2, 0) is 0 Å². The third-order valence-electron chi connectivity index (χ3n) is 9.01. The zero-order valence-corrected chi connectivity index (χ0v) is 26.1. The van der Waals surface area contributed by atoms with E-state index >= 15 is 0 Å². The van der Waals surface area contributed by atoms with Crippen LogP contribution in [0.15, 0.2) is 170 Å². The van der Waals surface area contributed by atoms with Gasteiger partial charge in [0.15, 0.2) is 0 Å². The number of hydrogen-bond acceptors (Lipinski definition) is 2. The van der Waals surface area contributed by atoms with Gasteiger partial charge >= 0.3 is 0 Å². The summed E-state index contributed by atoms with van der Waals surface area (Å²) in [5.74, 6) is 0. The van der Waals surface area contributed by atoms with E-state index in [4.69, 9.17) is 0 Å². The highest BCUT2D eigenvalue weighted by atomic mass is 15.1. The van der Waals surface area contributed by atoms with Crippen molar-refractivity contribution in [2.75, 3.05) is 23.9 Å². The van der Waals surface area contributed by atoms with E-state index in [2.05, 4.69) is 194 Å². The maximum absolute atomic E-state index is 2.39. The van der Waals surface area contributed by atoms with Gasteiger partial charge in [-0.05, 0) is 103 Å². The number of hydrogen-bond donors (Lipinski definition) is 0. The van der Waals surface area contributed by atoms with Crippen molar-refractivity contribution >= 4 is 55.1 Å². The molecule has 0 N–H and O–H groups in total. The summed E-state index contributed by atoms with van der Waals surface area (Å²) in [4.78, 5) is 4.55. The molecule has 2 heteroatoms. The summed E-state index contributed by atoms with van der Waals surface area (Å²) in [6.45, 7) is 0. The summed E-state index contributed by atoms with van der Waals surface area (Å²) in [5.41, 5.74) is 9.53. The highest BCUT2D eigenvalue weighted by Gasteiger charge is 2.21. The molecule has 0 bridgehead atoms. The van der Waals surface area contributed by atoms with Crippen LogP contribution in [0.1, 0.15) is 0 Å². The van der Waals surface area contributed by atoms with Crippen molar-refractivity contribution in [3.8, 4) is 22.3 Å². The molecule has 0 aromatic heterocycles. The Balaban J connectivity index is 1.53. The molecule has 0 saturated heterocycles. The molecule has 0 fully saturated rings. The van der Waals surface area contributed by atoms with Crippen molar-refractivity contribution in [3.63, 3.8) is 0 Å². The highest BCUT2D eigenvalue weighted by Crippen LogP contribution is 2.48. The highest BCUT2D eigenvalue weighted by molar-refractivity contribution is 6.24. The van der Waals surface area contributed by atoms with E-state index in [-0.39, 0.29) is 0 Å². The monoisotopic (exact) mass is 590 g/mol. The van der Waals surface area contributed by atoms with Crippen LogP contribution in [0.3, 0.4) is 0 Å². The fourth-order valence-corrected chi connectivity index (χ4v) is 6.87. The molecule has 2 nitrogen and oxygen atoms in total. The fourth-order valence-electron chi connectivity index (χ4n) is 6.87. The first-order valence-electron chi connectivity index (χ1n) is 15.8. The largest absolute Gasteiger partial charge is 0.378 e. The second-order valence-corrected chi connectivity index (χ2v) is 12.0. The number of nitrogens with zero attached hydrogens (tertiary/aromatic N) is 2. The number of benzene rings is 8. The third-order valence-corrected chi connectivity index (χ3v) is 9.01. The molecule has 8 aromatic rings. The lowest BCUT2D eigenvalue weighted by atomic mass is 9.84. The second kappa shape index (κ2) is 11.6. The quantitative estimate of drug-likeness (QED) is 0.178. The van der Waals surface area contributed by atoms with Gasteiger partial charge in [0.1, 0.15) is 0 Å². The van der Waals surface area contributed by atoms with Gasteiger partial charge in [0.2, 0.25) is 0 Å². The molecule has 0 aliphatic carbocycles. The van der Waals surface area contributed by atoms with Crippen molar-refractivity contribution in [2.45, 2.75) is 0 Å². The van der Waals surface area contributed by atoms with Gasteiger partial charge in [-0.3, -0.25) is 0 Å². The smallest absolute Gasteiger partial charge is 0.0468 e. The van der Waals surface area contributed by atoms with Crippen LogP contribution in [-0.4, -0.2) is 14.1 Å². The van der Waals surface area contributed by atoms with Crippen LogP contribution in [0.25, 0.3) is 54.6 Å². The van der Waals surface area contributed by atoms with Crippen molar-refractivity contribution in [2.24, 2.45) is 0 Å². The molecule has 0 aliphatic heterocycles. The van der Waals surface area contributed by atoms with Gasteiger partial charge in [-0.1, -0.05) is 121 Å². The molecule has 0 spiro atoms. The zero-order valence-electron chi connectivity index (χ0n) is 26.1. The van der Waals surface area contributed by atoms with E-state index in [9.17, 15) is 0 Å². The summed E-state index contributed by atoms with van der Waals surface area (Å²) in [7, 11) is 4.23. The van der Waals surface area contributed by atoms with Crippen molar-refractivity contribution in [3.05, 3.63) is 170 Å². The lowest BCUT2D eigenvalue weighted by Gasteiger charge is -2.27. The van der Waals surface area contributed by atoms with Gasteiger partial charge in [-0.25, -0.2) is 0 Å². The third kappa shape index (κ3) is 4.76. The van der Waals surface area contributed by atoms with Gasteiger partial charge in [-0.2, -0.15) is 0 Å². The zero-order chi connectivity index (χ0) is 31.0. The number of para-hydroxylation sites is 2. The van der Waals surface area contributed by atoms with Crippen molar-refractivity contribution in [1.82, 2.24) is 0 Å². The molecular formula is C44H34N2. The number of anilines is 4. The molecule has 46 heavy (non-hydrogen) atoms. The van der Waals surface area contributed by atoms with Crippen LogP contribution in [0.5, 0.6) is 0 Å². The SMILES string of the molecule is CN(C)c1ccc2c(-c3ccccc3)c3cc(N(c4ccccc4)c4ccccc4)ccc3c(-c3cccc4ccccc34)c2c1. The first-order valence-corrected chi connectivity index (χ1v) is 15.8. The number of rotatable bonds is 6. The Hall–Kier alpha value is -5.86. The first kappa shape index (κ1) is 27.7. The van der Waals surface area contributed by atoms with Crippen LogP contribution in [0.4, 0.5) is 22.7 Å². The maximum atomic E-state index is 2.39. The van der Waals surface area contributed by atoms with E-state index in [1.165, 1.54) is 60.3 Å². The van der Waals surface area contributed by atoms with Crippen molar-refractivity contribution in [1.29, 1.82) is 0 Å². The minimum atomic E-state index is 1.12. The average molecular weight is 591 g/mol. The standard InChI is InChI=1S/C44H34N2/c1-45(2)35-25-27-39-42(29-35)44(38-24-14-18-31-15-12-13-23-37(31)38)40-28-26-36(30-41(40)43(39)32-16-6-3-7-17-32)46(33-19-8-4-9-20-33)34-21-10-5-11-22-34/h3-30H,1-2H3. The molecule has 220 valence electrons. The maximum Gasteiger partial charge on any atom is 0.0468 e. The van der Waals surface area contributed by atoms with E-state index < -0.39 is 0 Å². The molecular weight excluding hydrogens is 556 g/mol. The fraction of sp³-hybridized carbons (Fsp3) is 0.0455. The van der Waals surface area contributed by atoms with Gasteiger partial charge in [-0.15, -0.1) is 0 Å². The van der Waals surface area contributed by atoms with Crippen LogP contribution in [0, 0.1) is 0 Å². The summed E-state index contributed by atoms with van der Waals surface area (Å²) < 4.78 is 0. The summed E-state index contributed by atoms with van der Waals surface area (Å²) in [6, 6.07) is 61.5. The molecule has 0 atom stereocenters. The van der Waals surface area contributed by atoms with E-state index in [0.717, 1.165) is 17.1 Å². The van der Waals surface area contributed by atoms with E-state index in [1.807, 2.05) is 0 Å². The Labute approximate surface area is 270 Å². The van der Waals surface area contributed by atoms with Crippen LogP contribution in [0.2, 0.25) is 0 Å². The molecule has 0 saturated carbocycles. The number of fused-ring (bicyclic) bond motifs is 3. The normalized spacial score (nSPS) is 11.3. The van der Waals surface area contributed by atoms with Gasteiger partial charge in [0.25, 0.3) is 0 Å². The average Bonchev–Trinajstić information content (AvgIpc) is 3.11. The van der Waals surface area contributed by atoms with Gasteiger partial charge < -0.3 is 9.80 Å². The molecule has 0 heterocycles. The first-order chi connectivity index (χ1) is 22.7. The Bertz CT molecular complexity index is 2280. The predicted octanol–water partition coefficient (Wildman–Crippen LogP) is 12.0. The van der Waals surface area contributed by atoms with Crippen LogP contribution >= 0.6 is 0 Å². The Kier molecular flexibility index (Phi) is 6.96. The van der Waals surface area contributed by atoms with Crippen molar-refractivity contribution < 1.29 is 0 Å². The minimum absolute atomic E-state index is 1.12. The Morgan fingerprint density at radius 2 is 0.870 bits per heavy atom. The summed E-state index contributed by atoms with van der Waals surface area (Å²) >= 11 is 0. The molecule has 0 amide bonds. The van der Waals surface area contributed by atoms with Gasteiger partial charge in [0, 0.05) is 36.8 Å².